The lowest BCUT2D eigenvalue weighted by Crippen LogP contribution is -2.47. The Morgan fingerprint density at radius 1 is 0.422 bits per heavy atom. The van der Waals surface area contributed by atoms with Gasteiger partial charge in [-0.05, 0) is 96.0 Å². The molecule has 10 heteroatoms. The Labute approximate surface area is 515 Å². The summed E-state index contributed by atoms with van der Waals surface area (Å²) < 4.78 is 30.4. The molecule has 0 saturated heterocycles. The minimum Gasteiger partial charge on any atom is -0.756 e. The summed E-state index contributed by atoms with van der Waals surface area (Å²) in [5.74, 6) is -0.537. The van der Waals surface area contributed by atoms with Gasteiger partial charge in [-0.3, -0.25) is 14.2 Å². The van der Waals surface area contributed by atoms with E-state index in [1.807, 2.05) is 33.3 Å². The number of allylic oxidation sites excluding steroid dienone is 9. The molecule has 0 aliphatic heterocycles. The second-order valence-electron chi connectivity index (χ2n) is 25.4. The molecule has 9 nitrogen and oxygen atoms in total. The van der Waals surface area contributed by atoms with Crippen molar-refractivity contribution >= 4 is 19.7 Å². The predicted octanol–water partition coefficient (Wildman–Crippen LogP) is 21.9. The van der Waals surface area contributed by atoms with Crippen LogP contribution in [0.4, 0.5) is 0 Å². The van der Waals surface area contributed by atoms with Crippen LogP contribution >= 0.6 is 7.82 Å². The summed E-state index contributed by atoms with van der Waals surface area (Å²) >= 11 is 0. The summed E-state index contributed by atoms with van der Waals surface area (Å²) in [6.45, 7) is 6.83. The molecule has 0 aliphatic carbocycles. The average Bonchev–Trinajstić information content (AvgIpc) is 3.47. The molecular formula is C73H137N2O7P. The normalized spacial score (nSPS) is 13.9. The number of hydrogen-bond donors (Lipinski definition) is 1. The molecule has 3 atom stereocenters. The highest BCUT2D eigenvalue weighted by atomic mass is 31.2. The minimum atomic E-state index is -4.71. The molecule has 0 aromatic carbocycles. The van der Waals surface area contributed by atoms with Gasteiger partial charge in [-0.25, -0.2) is 0 Å². The lowest BCUT2D eigenvalue weighted by Gasteiger charge is -2.30. The first-order valence-corrected chi connectivity index (χ1v) is 37.1. The molecule has 0 rings (SSSR count). The van der Waals surface area contributed by atoms with E-state index in [4.69, 9.17) is 13.8 Å². The van der Waals surface area contributed by atoms with E-state index in [-0.39, 0.29) is 31.5 Å². The Bertz CT molecular complexity index is 1600. The van der Waals surface area contributed by atoms with Crippen molar-refractivity contribution in [1.29, 1.82) is 0 Å². The summed E-state index contributed by atoms with van der Waals surface area (Å²) in [6, 6.07) is -0.892. The number of ether oxygens (including phenoxy) is 1. The molecule has 1 amide bonds. The van der Waals surface area contributed by atoms with Gasteiger partial charge in [0.05, 0.1) is 33.8 Å². The molecular weight excluding hydrogens is 1050 g/mol. The number of phosphoric acid groups is 1. The number of unbranched alkanes of at least 4 members (excludes halogenated alkanes) is 41. The quantitative estimate of drug-likeness (QED) is 0.0212. The number of carbonyl (C=O) groups excluding carboxylic acids is 2. The monoisotopic (exact) mass is 1190 g/mol. The Hall–Kier alpha value is -2.29. The molecule has 83 heavy (non-hydrogen) atoms. The van der Waals surface area contributed by atoms with Gasteiger partial charge in [0.2, 0.25) is 5.91 Å². The predicted molar refractivity (Wildman–Crippen MR) is 358 cm³/mol. The van der Waals surface area contributed by atoms with E-state index in [1.165, 1.54) is 225 Å². The van der Waals surface area contributed by atoms with Crippen molar-refractivity contribution in [3.8, 4) is 0 Å². The highest BCUT2D eigenvalue weighted by molar-refractivity contribution is 7.45. The van der Waals surface area contributed by atoms with Gasteiger partial charge in [-0.2, -0.15) is 0 Å². The molecule has 0 aromatic rings. The molecule has 0 fully saturated rings. The molecule has 0 radical (unpaired) electrons. The summed E-state index contributed by atoms with van der Waals surface area (Å²) in [5.41, 5.74) is 0. The second-order valence-corrected chi connectivity index (χ2v) is 26.8. The van der Waals surface area contributed by atoms with E-state index in [0.717, 1.165) is 83.5 Å². The zero-order chi connectivity index (χ0) is 60.7. The van der Waals surface area contributed by atoms with E-state index in [2.05, 4.69) is 74.7 Å². The molecule has 0 saturated carbocycles. The lowest BCUT2D eigenvalue weighted by molar-refractivity contribution is -0.870. The number of rotatable bonds is 65. The van der Waals surface area contributed by atoms with Crippen molar-refractivity contribution in [3.63, 3.8) is 0 Å². The number of quaternary nitrogens is 1. The van der Waals surface area contributed by atoms with Crippen molar-refractivity contribution in [2.45, 2.75) is 354 Å². The first kappa shape index (κ1) is 80.7. The molecule has 3 unspecified atom stereocenters. The number of phosphoric ester groups is 1. The van der Waals surface area contributed by atoms with Crippen molar-refractivity contribution < 1.29 is 37.3 Å². The molecule has 0 heterocycles. The molecule has 0 bridgehead atoms. The van der Waals surface area contributed by atoms with Gasteiger partial charge < -0.3 is 28.5 Å². The Morgan fingerprint density at radius 2 is 0.735 bits per heavy atom. The highest BCUT2D eigenvalue weighted by Crippen LogP contribution is 2.38. The Kier molecular flexibility index (Phi) is 61.0. The Balaban J connectivity index is 5.03. The number of carbonyl (C=O) groups is 2. The van der Waals surface area contributed by atoms with Crippen LogP contribution in [0.1, 0.15) is 342 Å². The number of hydrogen-bond acceptors (Lipinski definition) is 7. The number of nitrogens with zero attached hydrogens (tertiary/aromatic N) is 1. The molecule has 0 spiro atoms. The third-order valence-electron chi connectivity index (χ3n) is 15.9. The smallest absolute Gasteiger partial charge is 0.306 e. The molecule has 0 aliphatic rings. The summed E-state index contributed by atoms with van der Waals surface area (Å²) in [6.07, 6.45) is 80.5. The first-order chi connectivity index (χ1) is 40.4. The van der Waals surface area contributed by atoms with Crippen molar-refractivity contribution in [2.24, 2.45) is 0 Å². The van der Waals surface area contributed by atoms with Crippen LogP contribution in [-0.4, -0.2) is 69.4 Å². The van der Waals surface area contributed by atoms with Crippen LogP contribution in [0.3, 0.4) is 0 Å². The van der Waals surface area contributed by atoms with Crippen LogP contribution < -0.4 is 10.2 Å². The summed E-state index contributed by atoms with van der Waals surface area (Å²) in [4.78, 5) is 40.2. The minimum absolute atomic E-state index is 0.0232. The van der Waals surface area contributed by atoms with Crippen molar-refractivity contribution in [2.75, 3.05) is 40.9 Å². The maximum absolute atomic E-state index is 13.6. The van der Waals surface area contributed by atoms with Gasteiger partial charge in [0.25, 0.3) is 7.82 Å². The van der Waals surface area contributed by atoms with E-state index < -0.39 is 20.0 Å². The molecule has 0 aromatic heterocycles. The van der Waals surface area contributed by atoms with E-state index in [0.29, 0.717) is 17.4 Å². The third-order valence-corrected chi connectivity index (χ3v) is 16.9. The van der Waals surface area contributed by atoms with Crippen LogP contribution in [0.15, 0.2) is 60.8 Å². The van der Waals surface area contributed by atoms with Gasteiger partial charge in [-0.1, -0.05) is 294 Å². The second kappa shape index (κ2) is 62.8. The maximum atomic E-state index is 13.6. The summed E-state index contributed by atoms with van der Waals surface area (Å²) in [7, 11) is 1.19. The first-order valence-electron chi connectivity index (χ1n) is 35.6. The number of amides is 1. The van der Waals surface area contributed by atoms with Crippen LogP contribution in [-0.2, 0) is 27.9 Å². The lowest BCUT2D eigenvalue weighted by atomic mass is 10.0. The zero-order valence-corrected chi connectivity index (χ0v) is 56.6. The number of nitrogens with one attached hydrogen (secondary N) is 1. The number of esters is 1. The van der Waals surface area contributed by atoms with Crippen LogP contribution in [0.25, 0.3) is 0 Å². The fourth-order valence-electron chi connectivity index (χ4n) is 10.4. The van der Waals surface area contributed by atoms with Gasteiger partial charge >= 0.3 is 5.97 Å². The largest absolute Gasteiger partial charge is 0.756 e. The SMILES string of the molecule is CCCCC/C=C\C/C=C\CCCCCCCCCCCCCCCCCCCC(=O)NC(COP(=O)([O-])OCC[N+](C)(C)C)C(/C=C\CCCCCCCCCCCCC)OC(=O)CCCCCCCCC/C=C\C/C=C\CCCCC. The van der Waals surface area contributed by atoms with Gasteiger partial charge in [0, 0.05) is 12.8 Å². The third kappa shape index (κ3) is 64.0. The van der Waals surface area contributed by atoms with Crippen molar-refractivity contribution in [1.82, 2.24) is 5.32 Å². The maximum Gasteiger partial charge on any atom is 0.306 e. The van der Waals surface area contributed by atoms with Gasteiger partial charge in [0.1, 0.15) is 19.3 Å². The van der Waals surface area contributed by atoms with Gasteiger partial charge in [-0.15, -0.1) is 0 Å². The standard InChI is InChI=1S/C73H137N2O7P/c1-7-10-13-16-19-22-25-28-30-32-33-34-35-36-37-38-39-40-41-43-44-47-50-53-56-59-62-65-72(76)74-70(69-81-83(78,79)80-68-67-75(4,5)6)71(64-61-58-55-52-49-46-27-24-21-18-15-12-9-3)82-73(77)66-63-60-57-54-51-48-45-42-31-29-26-23-20-17-14-11-8-2/h19-20,22-23,28-31,61,64,70-71H,7-18,21,24-27,32-60,62-63,65-69H2,1-6H3,(H-,74,76,78,79)/b22-19-,23-20-,30-28-,31-29-,64-61-. The average molecular weight is 1190 g/mol. The highest BCUT2D eigenvalue weighted by Gasteiger charge is 2.27. The fraction of sp³-hybridized carbons (Fsp3) is 0.836. The van der Waals surface area contributed by atoms with E-state index in [9.17, 15) is 19.0 Å². The van der Waals surface area contributed by atoms with Crippen LogP contribution in [0, 0.1) is 0 Å². The molecule has 1 N–H and O–H groups in total. The topological polar surface area (TPSA) is 114 Å². The number of likely N-dealkylation sites (N-methyl/N-ethyl adjacent to an activating group) is 1. The van der Waals surface area contributed by atoms with E-state index in [1.54, 1.807) is 0 Å². The van der Waals surface area contributed by atoms with Crippen molar-refractivity contribution in [3.05, 3.63) is 60.8 Å². The zero-order valence-electron chi connectivity index (χ0n) is 55.7. The van der Waals surface area contributed by atoms with E-state index >= 15 is 0 Å². The summed E-state index contributed by atoms with van der Waals surface area (Å²) in [5, 5.41) is 3.05. The van der Waals surface area contributed by atoms with Gasteiger partial charge in [0.15, 0.2) is 0 Å². The van der Waals surface area contributed by atoms with Crippen LogP contribution in [0.5, 0.6) is 0 Å². The Morgan fingerprint density at radius 3 is 1.11 bits per heavy atom. The van der Waals surface area contributed by atoms with Crippen LogP contribution in [0.2, 0.25) is 0 Å². The molecule has 486 valence electrons. The fourth-order valence-corrected chi connectivity index (χ4v) is 11.1.